The topological polar surface area (TPSA) is 48.9 Å². The Morgan fingerprint density at radius 3 is 2.88 bits per heavy atom. The van der Waals surface area contributed by atoms with E-state index >= 15 is 0 Å². The van der Waals surface area contributed by atoms with Gasteiger partial charge in [-0.15, -0.1) is 24.0 Å². The summed E-state index contributed by atoms with van der Waals surface area (Å²) in [6, 6.07) is 7.83. The maximum atomic E-state index is 6.01. The molecule has 1 aromatic rings. The van der Waals surface area contributed by atoms with Gasteiger partial charge in [0.05, 0.1) is 12.7 Å². The van der Waals surface area contributed by atoms with Crippen molar-refractivity contribution in [1.82, 2.24) is 15.5 Å². The lowest BCUT2D eigenvalue weighted by Crippen LogP contribution is -2.50. The molecule has 0 radical (unpaired) electrons. The minimum absolute atomic E-state index is 0. The van der Waals surface area contributed by atoms with Gasteiger partial charge in [0, 0.05) is 44.8 Å². The number of rotatable bonds is 6. The van der Waals surface area contributed by atoms with E-state index in [1.54, 1.807) is 7.05 Å². The molecule has 1 fully saturated rings. The van der Waals surface area contributed by atoms with Crippen LogP contribution in [0.2, 0.25) is 5.02 Å². The van der Waals surface area contributed by atoms with Crippen molar-refractivity contribution in [2.45, 2.75) is 26.5 Å². The monoisotopic (exact) mass is 480 g/mol. The number of nitrogens with one attached hydrogen (secondary N) is 2. The summed E-state index contributed by atoms with van der Waals surface area (Å²) in [5, 5.41) is 7.41. The first-order valence-electron chi connectivity index (χ1n) is 8.59. The second kappa shape index (κ2) is 11.9. The lowest BCUT2D eigenvalue weighted by molar-refractivity contribution is -0.0284. The van der Waals surface area contributed by atoms with E-state index < -0.39 is 0 Å². The Bertz CT molecular complexity index is 542. The third-order valence-electron chi connectivity index (χ3n) is 3.92. The van der Waals surface area contributed by atoms with Gasteiger partial charge in [-0.2, -0.15) is 0 Å². The lowest BCUT2D eigenvalue weighted by Gasteiger charge is -2.34. The Kier molecular flexibility index (Phi) is 10.7. The maximum Gasteiger partial charge on any atom is 0.191 e. The van der Waals surface area contributed by atoms with Gasteiger partial charge in [0.25, 0.3) is 0 Å². The smallest absolute Gasteiger partial charge is 0.191 e. The van der Waals surface area contributed by atoms with Gasteiger partial charge >= 0.3 is 0 Å². The zero-order valence-electron chi connectivity index (χ0n) is 15.3. The van der Waals surface area contributed by atoms with E-state index in [1.165, 1.54) is 0 Å². The second-order valence-electron chi connectivity index (χ2n) is 6.58. The molecule has 2 N–H and O–H groups in total. The van der Waals surface area contributed by atoms with Crippen molar-refractivity contribution in [2.24, 2.45) is 10.9 Å². The average Bonchev–Trinajstić information content (AvgIpc) is 2.55. The number of guanidine groups is 1. The van der Waals surface area contributed by atoms with Crippen LogP contribution in [-0.2, 0) is 11.3 Å². The van der Waals surface area contributed by atoms with E-state index in [4.69, 9.17) is 16.3 Å². The van der Waals surface area contributed by atoms with Gasteiger partial charge in [-0.3, -0.25) is 9.89 Å². The van der Waals surface area contributed by atoms with Crippen molar-refractivity contribution in [3.05, 3.63) is 34.9 Å². The molecule has 0 bridgehead atoms. The third-order valence-corrected chi connectivity index (χ3v) is 4.15. The Morgan fingerprint density at radius 1 is 1.40 bits per heavy atom. The summed E-state index contributed by atoms with van der Waals surface area (Å²) in [5.41, 5.74) is 1.13. The minimum Gasteiger partial charge on any atom is -0.374 e. The molecule has 0 saturated carbocycles. The Morgan fingerprint density at radius 2 is 2.20 bits per heavy atom. The molecular formula is C18H30ClIN4O. The van der Waals surface area contributed by atoms with E-state index in [9.17, 15) is 0 Å². The number of morpholine rings is 1. The van der Waals surface area contributed by atoms with Crippen LogP contribution in [0, 0.1) is 5.92 Å². The molecule has 1 atom stereocenters. The Balaban J connectivity index is 0.00000312. The van der Waals surface area contributed by atoms with E-state index in [0.29, 0.717) is 12.5 Å². The van der Waals surface area contributed by atoms with Crippen molar-refractivity contribution in [1.29, 1.82) is 0 Å². The van der Waals surface area contributed by atoms with E-state index in [2.05, 4.69) is 34.4 Å². The van der Waals surface area contributed by atoms with E-state index in [0.717, 1.165) is 49.3 Å². The summed E-state index contributed by atoms with van der Waals surface area (Å²) < 4.78 is 5.86. The van der Waals surface area contributed by atoms with Crippen LogP contribution in [0.1, 0.15) is 19.4 Å². The summed E-state index contributed by atoms with van der Waals surface area (Å²) in [6.45, 7) is 9.87. The average molecular weight is 481 g/mol. The van der Waals surface area contributed by atoms with E-state index in [-0.39, 0.29) is 30.1 Å². The molecule has 0 aromatic heterocycles. The first kappa shape index (κ1) is 22.5. The van der Waals surface area contributed by atoms with Crippen molar-refractivity contribution < 1.29 is 4.74 Å². The number of nitrogens with zero attached hydrogens (tertiary/aromatic N) is 2. The fourth-order valence-electron chi connectivity index (χ4n) is 2.85. The number of aliphatic imine (C=N–C) groups is 1. The molecule has 1 saturated heterocycles. The van der Waals surface area contributed by atoms with Crippen molar-refractivity contribution >= 4 is 41.5 Å². The molecule has 1 aromatic carbocycles. The van der Waals surface area contributed by atoms with Crippen LogP contribution >= 0.6 is 35.6 Å². The standard InChI is InChI=1S/C18H29ClN4O.HI/c1-14(2)12-23-7-8-24-17(13-23)11-22-18(20-3)21-10-15-5-4-6-16(19)9-15;/h4-6,9,14,17H,7-8,10-13H2,1-3H3,(H2,20,21,22);1H. The molecule has 2 rings (SSSR count). The molecule has 5 nitrogen and oxygen atoms in total. The van der Waals surface area contributed by atoms with Crippen LogP contribution in [0.4, 0.5) is 0 Å². The largest absolute Gasteiger partial charge is 0.374 e. The molecule has 1 heterocycles. The van der Waals surface area contributed by atoms with Gasteiger partial charge in [-0.05, 0) is 23.6 Å². The molecule has 0 spiro atoms. The van der Waals surface area contributed by atoms with Crippen molar-refractivity contribution in [3.63, 3.8) is 0 Å². The van der Waals surface area contributed by atoms with Crippen molar-refractivity contribution in [2.75, 3.05) is 39.8 Å². The van der Waals surface area contributed by atoms with Gasteiger partial charge in [0.2, 0.25) is 0 Å². The molecule has 1 aliphatic rings. The second-order valence-corrected chi connectivity index (χ2v) is 7.02. The number of halogens is 2. The molecule has 1 aliphatic heterocycles. The molecular weight excluding hydrogens is 451 g/mol. The van der Waals surface area contributed by atoms with E-state index in [1.807, 2.05) is 24.3 Å². The van der Waals surface area contributed by atoms with Gasteiger partial charge in [0.1, 0.15) is 0 Å². The summed E-state index contributed by atoms with van der Waals surface area (Å²) in [6.07, 6.45) is 0.196. The summed E-state index contributed by atoms with van der Waals surface area (Å²) >= 11 is 6.01. The summed E-state index contributed by atoms with van der Waals surface area (Å²) in [4.78, 5) is 6.74. The van der Waals surface area contributed by atoms with Crippen LogP contribution in [-0.4, -0.2) is 56.8 Å². The zero-order chi connectivity index (χ0) is 17.4. The molecule has 0 aliphatic carbocycles. The van der Waals surface area contributed by atoms with Crippen molar-refractivity contribution in [3.8, 4) is 0 Å². The predicted octanol–water partition coefficient (Wildman–Crippen LogP) is 2.98. The summed E-state index contributed by atoms with van der Waals surface area (Å²) in [7, 11) is 1.78. The van der Waals surface area contributed by atoms with Crippen LogP contribution in [0.3, 0.4) is 0 Å². The van der Waals surface area contributed by atoms with Crippen LogP contribution in [0.15, 0.2) is 29.3 Å². The fraction of sp³-hybridized carbons (Fsp3) is 0.611. The highest BCUT2D eigenvalue weighted by Gasteiger charge is 2.20. The number of ether oxygens (including phenoxy) is 1. The highest BCUT2D eigenvalue weighted by molar-refractivity contribution is 14.0. The first-order chi connectivity index (χ1) is 11.6. The van der Waals surface area contributed by atoms with Gasteiger partial charge in [-0.1, -0.05) is 37.6 Å². The van der Waals surface area contributed by atoms with Crippen LogP contribution in [0.25, 0.3) is 0 Å². The lowest BCUT2D eigenvalue weighted by atomic mass is 10.2. The van der Waals surface area contributed by atoms with Gasteiger partial charge in [0.15, 0.2) is 5.96 Å². The number of benzene rings is 1. The Hall–Kier alpha value is -0.570. The molecule has 25 heavy (non-hydrogen) atoms. The summed E-state index contributed by atoms with van der Waals surface area (Å²) in [5.74, 6) is 1.46. The zero-order valence-corrected chi connectivity index (χ0v) is 18.4. The Labute approximate surface area is 173 Å². The normalized spacial score (nSPS) is 18.8. The molecule has 142 valence electrons. The van der Waals surface area contributed by atoms with Gasteiger partial charge in [-0.25, -0.2) is 0 Å². The fourth-order valence-corrected chi connectivity index (χ4v) is 3.06. The minimum atomic E-state index is 0. The first-order valence-corrected chi connectivity index (χ1v) is 8.97. The number of hydrogen-bond acceptors (Lipinski definition) is 3. The highest BCUT2D eigenvalue weighted by Crippen LogP contribution is 2.10. The predicted molar refractivity (Wildman–Crippen MR) is 116 cm³/mol. The quantitative estimate of drug-likeness (QED) is 0.373. The molecule has 7 heteroatoms. The molecule has 0 amide bonds. The SMILES string of the molecule is CN=C(NCc1cccc(Cl)c1)NCC1CN(CC(C)C)CCO1.I. The van der Waals surface area contributed by atoms with Gasteiger partial charge < -0.3 is 15.4 Å². The molecule has 1 unspecified atom stereocenters. The number of hydrogen-bond donors (Lipinski definition) is 2. The third kappa shape index (κ3) is 8.57. The van der Waals surface area contributed by atoms with Crippen LogP contribution in [0.5, 0.6) is 0 Å². The van der Waals surface area contributed by atoms with Crippen LogP contribution < -0.4 is 10.6 Å². The highest BCUT2D eigenvalue weighted by atomic mass is 127. The maximum absolute atomic E-state index is 6.01.